The number of benzene rings is 3. The van der Waals surface area contributed by atoms with E-state index >= 15 is 0 Å². The van der Waals surface area contributed by atoms with E-state index < -0.39 is 22.4 Å². The summed E-state index contributed by atoms with van der Waals surface area (Å²) in [7, 11) is -3.90. The molecule has 2 atom stereocenters. The molecule has 8 nitrogen and oxygen atoms in total. The van der Waals surface area contributed by atoms with Crippen molar-refractivity contribution in [1.29, 1.82) is 0 Å². The highest BCUT2D eigenvalue weighted by Gasteiger charge is 2.18. The number of hydrogen-bond acceptors (Lipinski definition) is 7. The summed E-state index contributed by atoms with van der Waals surface area (Å²) in [4.78, 5) is 0.0452. The second kappa shape index (κ2) is 10.5. The molecular weight excluding hydrogens is 432 g/mol. The van der Waals surface area contributed by atoms with E-state index in [1.165, 1.54) is 30.3 Å². The van der Waals surface area contributed by atoms with E-state index in [9.17, 15) is 28.8 Å². The highest BCUT2D eigenvalue weighted by atomic mass is 32.2. The first-order chi connectivity index (χ1) is 15.2. The van der Waals surface area contributed by atoms with Crippen LogP contribution in [0.1, 0.15) is 23.7 Å². The molecule has 0 aliphatic carbocycles. The van der Waals surface area contributed by atoms with Crippen LogP contribution in [-0.4, -0.2) is 41.6 Å². The molecule has 0 spiro atoms. The number of hydrogen-bond donors (Lipinski definition) is 6. The zero-order valence-electron chi connectivity index (χ0n) is 17.2. The molecule has 0 fully saturated rings. The van der Waals surface area contributed by atoms with Gasteiger partial charge in [-0.2, -0.15) is 0 Å². The third-order valence-electron chi connectivity index (χ3n) is 4.89. The fraction of sp³-hybridized carbons (Fsp3) is 0.217. The molecule has 0 saturated heterocycles. The number of aliphatic hydroxyl groups is 2. The van der Waals surface area contributed by atoms with Gasteiger partial charge in [0.05, 0.1) is 16.7 Å². The van der Waals surface area contributed by atoms with Crippen molar-refractivity contribution in [2.45, 2.75) is 30.1 Å². The fourth-order valence-electron chi connectivity index (χ4n) is 3.08. The standard InChI is InChI=1S/C23H26N2O6S/c26-18-10-6-16(7-11-18)8-13-23(29)24-15-22(28)17-9-12-21(27)20(14-17)25-32(30,31)19-4-2-1-3-5-19/h1-7,9-12,14,22-29H,8,13,15H2/t22-,23-/m0/s1. The van der Waals surface area contributed by atoms with E-state index in [2.05, 4.69) is 10.0 Å². The number of sulfonamides is 1. The number of rotatable bonds is 10. The monoisotopic (exact) mass is 458 g/mol. The fourth-order valence-corrected chi connectivity index (χ4v) is 4.17. The van der Waals surface area contributed by atoms with Gasteiger partial charge in [0.1, 0.15) is 17.7 Å². The number of nitrogens with one attached hydrogen (secondary N) is 2. The second-order valence-electron chi connectivity index (χ2n) is 7.34. The molecule has 0 aliphatic rings. The van der Waals surface area contributed by atoms with Gasteiger partial charge in [-0.05, 0) is 60.4 Å². The second-order valence-corrected chi connectivity index (χ2v) is 9.02. The van der Waals surface area contributed by atoms with Crippen LogP contribution >= 0.6 is 0 Å². The Balaban J connectivity index is 1.58. The lowest BCUT2D eigenvalue weighted by Gasteiger charge is -2.18. The van der Waals surface area contributed by atoms with E-state index in [4.69, 9.17) is 0 Å². The normalized spacial score (nSPS) is 13.4. The predicted octanol–water partition coefficient (Wildman–Crippen LogP) is 2.47. The summed E-state index contributed by atoms with van der Waals surface area (Å²) in [5.41, 5.74) is 1.27. The third kappa shape index (κ3) is 6.44. The molecule has 0 aliphatic heterocycles. The quantitative estimate of drug-likeness (QED) is 0.203. The van der Waals surface area contributed by atoms with Gasteiger partial charge in [-0.3, -0.25) is 10.0 Å². The highest BCUT2D eigenvalue weighted by molar-refractivity contribution is 7.92. The lowest BCUT2D eigenvalue weighted by atomic mass is 10.1. The summed E-state index contributed by atoms with van der Waals surface area (Å²) >= 11 is 0. The molecule has 0 saturated carbocycles. The largest absolute Gasteiger partial charge is 0.508 e. The number of aryl methyl sites for hydroxylation is 1. The molecule has 6 N–H and O–H groups in total. The van der Waals surface area contributed by atoms with Crippen LogP contribution in [0, 0.1) is 0 Å². The minimum Gasteiger partial charge on any atom is -0.508 e. The summed E-state index contributed by atoms with van der Waals surface area (Å²) in [6, 6.07) is 18.6. The summed E-state index contributed by atoms with van der Waals surface area (Å²) in [5, 5.41) is 42.8. The van der Waals surface area contributed by atoms with Gasteiger partial charge in [0.15, 0.2) is 0 Å². The maximum Gasteiger partial charge on any atom is 0.262 e. The van der Waals surface area contributed by atoms with E-state index in [0.717, 1.165) is 5.56 Å². The topological polar surface area (TPSA) is 139 Å². The molecule has 170 valence electrons. The SMILES string of the molecule is O=S(=O)(Nc1cc([C@@H](O)CN[C@@H](O)CCc2ccc(O)cc2)ccc1O)c1ccccc1. The van der Waals surface area contributed by atoms with Crippen molar-refractivity contribution in [2.75, 3.05) is 11.3 Å². The Hall–Kier alpha value is -3.11. The number of phenols is 2. The summed E-state index contributed by atoms with van der Waals surface area (Å²) < 4.78 is 27.4. The van der Waals surface area contributed by atoms with E-state index in [1.54, 1.807) is 42.5 Å². The first-order valence-electron chi connectivity index (χ1n) is 10.0. The van der Waals surface area contributed by atoms with Crippen LogP contribution in [0.25, 0.3) is 0 Å². The predicted molar refractivity (Wildman–Crippen MR) is 121 cm³/mol. The van der Waals surface area contributed by atoms with Crippen LogP contribution in [0.15, 0.2) is 77.7 Å². The lowest BCUT2D eigenvalue weighted by molar-refractivity contribution is 0.0961. The van der Waals surface area contributed by atoms with Gasteiger partial charge < -0.3 is 20.4 Å². The maximum atomic E-state index is 12.5. The van der Waals surface area contributed by atoms with Gasteiger partial charge in [-0.1, -0.05) is 36.4 Å². The number of aromatic hydroxyl groups is 2. The van der Waals surface area contributed by atoms with Gasteiger partial charge in [-0.15, -0.1) is 0 Å². The van der Waals surface area contributed by atoms with Crippen molar-refractivity contribution in [3.8, 4) is 11.5 Å². The van der Waals surface area contributed by atoms with Crippen molar-refractivity contribution in [3.05, 3.63) is 83.9 Å². The van der Waals surface area contributed by atoms with Crippen LogP contribution in [0.4, 0.5) is 5.69 Å². The first kappa shape index (κ1) is 23.6. The minimum atomic E-state index is -3.90. The number of anilines is 1. The Morgan fingerprint density at radius 2 is 1.56 bits per heavy atom. The smallest absolute Gasteiger partial charge is 0.262 e. The molecule has 0 heterocycles. The Bertz CT molecular complexity index is 1120. The summed E-state index contributed by atoms with van der Waals surface area (Å²) in [5.74, 6) is -0.0998. The molecule has 0 amide bonds. The summed E-state index contributed by atoms with van der Waals surface area (Å²) in [6.07, 6.45) is -0.935. The van der Waals surface area contributed by atoms with Crippen LogP contribution in [-0.2, 0) is 16.4 Å². The molecular formula is C23H26N2O6S. The van der Waals surface area contributed by atoms with Gasteiger partial charge in [0.25, 0.3) is 10.0 Å². The molecule has 0 bridgehead atoms. The third-order valence-corrected chi connectivity index (χ3v) is 6.27. The van der Waals surface area contributed by atoms with Crippen molar-refractivity contribution < 1.29 is 28.8 Å². The van der Waals surface area contributed by atoms with Crippen LogP contribution in [0.2, 0.25) is 0 Å². The Morgan fingerprint density at radius 3 is 2.25 bits per heavy atom. The molecule has 3 aromatic rings. The Labute approximate surface area is 186 Å². The van der Waals surface area contributed by atoms with Crippen molar-refractivity contribution in [2.24, 2.45) is 0 Å². The lowest BCUT2D eigenvalue weighted by Crippen LogP contribution is -2.33. The molecule has 0 radical (unpaired) electrons. The zero-order chi connectivity index (χ0) is 23.1. The molecule has 32 heavy (non-hydrogen) atoms. The Morgan fingerprint density at radius 1 is 0.875 bits per heavy atom. The van der Waals surface area contributed by atoms with Crippen LogP contribution in [0.5, 0.6) is 11.5 Å². The average Bonchev–Trinajstić information content (AvgIpc) is 2.79. The maximum absolute atomic E-state index is 12.5. The van der Waals surface area contributed by atoms with Crippen molar-refractivity contribution >= 4 is 15.7 Å². The van der Waals surface area contributed by atoms with E-state index in [-0.39, 0.29) is 28.6 Å². The van der Waals surface area contributed by atoms with Crippen molar-refractivity contribution in [1.82, 2.24) is 5.32 Å². The highest BCUT2D eigenvalue weighted by Crippen LogP contribution is 2.29. The molecule has 9 heteroatoms. The minimum absolute atomic E-state index is 0.0202. The van der Waals surface area contributed by atoms with Gasteiger partial charge >= 0.3 is 0 Å². The average molecular weight is 459 g/mol. The molecule has 0 aromatic heterocycles. The number of phenolic OH excluding ortho intramolecular Hbond substituents is 2. The van der Waals surface area contributed by atoms with E-state index in [0.29, 0.717) is 18.4 Å². The zero-order valence-corrected chi connectivity index (χ0v) is 18.0. The summed E-state index contributed by atoms with van der Waals surface area (Å²) in [6.45, 7) is 0.0202. The molecule has 3 rings (SSSR count). The van der Waals surface area contributed by atoms with Gasteiger partial charge in [0, 0.05) is 6.54 Å². The molecule has 3 aromatic carbocycles. The number of aliphatic hydroxyl groups excluding tert-OH is 2. The van der Waals surface area contributed by atoms with Crippen molar-refractivity contribution in [3.63, 3.8) is 0 Å². The Kier molecular flexibility index (Phi) is 7.70. The van der Waals surface area contributed by atoms with Crippen LogP contribution < -0.4 is 10.0 Å². The van der Waals surface area contributed by atoms with Crippen LogP contribution in [0.3, 0.4) is 0 Å². The molecule has 0 unspecified atom stereocenters. The van der Waals surface area contributed by atoms with Gasteiger partial charge in [-0.25, -0.2) is 8.42 Å². The van der Waals surface area contributed by atoms with E-state index in [1.807, 2.05) is 0 Å². The van der Waals surface area contributed by atoms with Gasteiger partial charge in [0.2, 0.25) is 0 Å². The first-order valence-corrected chi connectivity index (χ1v) is 11.5.